The van der Waals surface area contributed by atoms with Crippen LogP contribution >= 0.6 is 11.8 Å². The molecule has 4 nitrogen and oxygen atoms in total. The van der Waals surface area contributed by atoms with Crippen LogP contribution in [-0.4, -0.2) is 28.4 Å². The van der Waals surface area contributed by atoms with E-state index in [0.29, 0.717) is 5.25 Å². The van der Waals surface area contributed by atoms with Crippen LogP contribution < -0.4 is 11.1 Å². The van der Waals surface area contributed by atoms with Gasteiger partial charge in [0.2, 0.25) is 0 Å². The molecule has 1 aromatic heterocycles. The van der Waals surface area contributed by atoms with E-state index in [9.17, 15) is 18.0 Å². The maximum Gasteiger partial charge on any atom is 0.433 e. The molecule has 2 atom stereocenters. The van der Waals surface area contributed by atoms with Crippen molar-refractivity contribution in [3.05, 3.63) is 23.4 Å². The lowest BCUT2D eigenvalue weighted by Crippen LogP contribution is -2.28. The molecule has 0 radical (unpaired) electrons. The second-order valence-corrected chi connectivity index (χ2v) is 5.99. The summed E-state index contributed by atoms with van der Waals surface area (Å²) in [5.74, 6) is -0.874. The fourth-order valence-electron chi connectivity index (χ4n) is 2.47. The van der Waals surface area contributed by atoms with E-state index in [2.05, 4.69) is 10.3 Å². The molecule has 116 valence electrons. The monoisotopic (exact) mass is 319 g/mol. The van der Waals surface area contributed by atoms with Gasteiger partial charge in [0.25, 0.3) is 5.91 Å². The Hall–Kier alpha value is -1.44. The number of carbonyl (C=O) groups excluding carboxylic acids is 1. The molecule has 21 heavy (non-hydrogen) atoms. The highest BCUT2D eigenvalue weighted by atomic mass is 32.2. The van der Waals surface area contributed by atoms with Crippen molar-refractivity contribution in [1.29, 1.82) is 0 Å². The topological polar surface area (TPSA) is 68.0 Å². The summed E-state index contributed by atoms with van der Waals surface area (Å²) in [5.41, 5.74) is 4.16. The third-order valence-corrected chi connectivity index (χ3v) is 4.70. The fraction of sp³-hybridized carbons (Fsp3) is 0.538. The van der Waals surface area contributed by atoms with Gasteiger partial charge in [0.05, 0.1) is 5.56 Å². The number of aromatic nitrogens is 1. The Kier molecular flexibility index (Phi) is 4.65. The Morgan fingerprint density at radius 1 is 1.43 bits per heavy atom. The number of hydrogen-bond donors (Lipinski definition) is 2. The number of nitrogens with one attached hydrogen (secondary N) is 1. The highest BCUT2D eigenvalue weighted by molar-refractivity contribution is 7.99. The van der Waals surface area contributed by atoms with Gasteiger partial charge < -0.3 is 11.1 Å². The Morgan fingerprint density at radius 3 is 2.71 bits per heavy atom. The number of nitrogens with zero attached hydrogens (tertiary/aromatic N) is 1. The number of nitrogens with two attached hydrogens (primary N) is 1. The van der Waals surface area contributed by atoms with Crippen LogP contribution in [0.15, 0.2) is 12.1 Å². The second kappa shape index (κ2) is 6.13. The molecule has 0 bridgehead atoms. The van der Waals surface area contributed by atoms with Gasteiger partial charge in [0.15, 0.2) is 0 Å². The maximum absolute atomic E-state index is 12.7. The third-order valence-electron chi connectivity index (χ3n) is 3.53. The highest BCUT2D eigenvalue weighted by Gasteiger charge is 2.34. The zero-order valence-electron chi connectivity index (χ0n) is 11.4. The molecule has 8 heteroatoms. The quantitative estimate of drug-likeness (QED) is 0.895. The van der Waals surface area contributed by atoms with E-state index in [1.165, 1.54) is 0 Å². The van der Waals surface area contributed by atoms with Crippen LogP contribution in [0, 0.1) is 0 Å². The number of primary amides is 1. The normalized spacial score (nSPS) is 22.3. The molecule has 2 rings (SSSR count). The zero-order valence-corrected chi connectivity index (χ0v) is 12.2. The molecule has 1 aromatic rings. The number of hydrogen-bond acceptors (Lipinski definition) is 4. The fourth-order valence-corrected chi connectivity index (χ4v) is 3.41. The SMILES string of the molecule is CSC1CCCC1Nc1nc(C(F)(F)F)ccc1C(N)=O. The van der Waals surface area contributed by atoms with Gasteiger partial charge in [-0.25, -0.2) is 4.98 Å². The lowest BCUT2D eigenvalue weighted by molar-refractivity contribution is -0.141. The molecule has 1 heterocycles. The zero-order chi connectivity index (χ0) is 15.6. The highest BCUT2D eigenvalue weighted by Crippen LogP contribution is 2.33. The van der Waals surface area contributed by atoms with Gasteiger partial charge in [0.1, 0.15) is 11.5 Å². The average Bonchev–Trinajstić information content (AvgIpc) is 2.84. The number of thioether (sulfide) groups is 1. The minimum atomic E-state index is -4.55. The van der Waals surface area contributed by atoms with Gasteiger partial charge >= 0.3 is 6.18 Å². The summed E-state index contributed by atoms with van der Waals surface area (Å²) in [5, 5.41) is 3.27. The number of anilines is 1. The number of rotatable bonds is 4. The van der Waals surface area contributed by atoms with Crippen LogP contribution in [-0.2, 0) is 6.18 Å². The molecule has 0 aliphatic heterocycles. The molecule has 0 saturated heterocycles. The predicted molar refractivity (Wildman–Crippen MR) is 76.3 cm³/mol. The first-order valence-corrected chi connectivity index (χ1v) is 7.79. The summed E-state index contributed by atoms with van der Waals surface area (Å²) in [4.78, 5) is 14.9. The Bertz CT molecular complexity index is 536. The second-order valence-electron chi connectivity index (χ2n) is 4.91. The van der Waals surface area contributed by atoms with E-state index in [-0.39, 0.29) is 17.4 Å². The first-order valence-electron chi connectivity index (χ1n) is 6.50. The van der Waals surface area contributed by atoms with Crippen LogP contribution in [0.2, 0.25) is 0 Å². The van der Waals surface area contributed by atoms with E-state index in [4.69, 9.17) is 5.73 Å². The molecule has 1 amide bonds. The van der Waals surface area contributed by atoms with Crippen LogP contribution in [0.5, 0.6) is 0 Å². The first kappa shape index (κ1) is 15.9. The molecule has 1 aliphatic rings. The molecule has 0 aromatic carbocycles. The van der Waals surface area contributed by atoms with Gasteiger partial charge in [-0.05, 0) is 31.2 Å². The number of halogens is 3. The molecular formula is C13H16F3N3OS. The van der Waals surface area contributed by atoms with Crippen molar-refractivity contribution >= 4 is 23.5 Å². The predicted octanol–water partition coefficient (Wildman–Crippen LogP) is 2.90. The van der Waals surface area contributed by atoms with E-state index in [0.717, 1.165) is 31.4 Å². The van der Waals surface area contributed by atoms with Crippen LogP contribution in [0.4, 0.5) is 19.0 Å². The van der Waals surface area contributed by atoms with Crippen molar-refractivity contribution in [3.63, 3.8) is 0 Å². The van der Waals surface area contributed by atoms with E-state index in [1.807, 2.05) is 6.26 Å². The summed E-state index contributed by atoms with van der Waals surface area (Å²) in [6, 6.07) is 1.84. The number of amides is 1. The minimum Gasteiger partial charge on any atom is -0.366 e. The van der Waals surface area contributed by atoms with E-state index < -0.39 is 17.8 Å². The summed E-state index contributed by atoms with van der Waals surface area (Å²) < 4.78 is 38.2. The molecular weight excluding hydrogens is 303 g/mol. The minimum absolute atomic E-state index is 0.00548. The van der Waals surface area contributed by atoms with Gasteiger partial charge in [-0.15, -0.1) is 0 Å². The van der Waals surface area contributed by atoms with Crippen molar-refractivity contribution in [2.75, 3.05) is 11.6 Å². The summed E-state index contributed by atoms with van der Waals surface area (Å²) in [6.07, 6.45) is 0.222. The first-order chi connectivity index (χ1) is 9.82. The van der Waals surface area contributed by atoms with Gasteiger partial charge in [-0.3, -0.25) is 4.79 Å². The van der Waals surface area contributed by atoms with Crippen molar-refractivity contribution in [2.24, 2.45) is 5.73 Å². The molecule has 1 fully saturated rings. The number of pyridine rings is 1. The van der Waals surface area contributed by atoms with E-state index >= 15 is 0 Å². The summed E-state index contributed by atoms with van der Waals surface area (Å²) >= 11 is 1.66. The van der Waals surface area contributed by atoms with Crippen LogP contribution in [0.1, 0.15) is 35.3 Å². The Labute approximate surface area is 124 Å². The van der Waals surface area contributed by atoms with E-state index in [1.54, 1.807) is 11.8 Å². The van der Waals surface area contributed by atoms with Gasteiger partial charge in [-0.2, -0.15) is 24.9 Å². The van der Waals surface area contributed by atoms with Crippen LogP contribution in [0.3, 0.4) is 0 Å². The Morgan fingerprint density at radius 2 is 2.14 bits per heavy atom. The average molecular weight is 319 g/mol. The standard InChI is InChI=1S/C13H16F3N3OS/c1-21-9-4-2-3-8(9)18-12-7(11(17)20)5-6-10(19-12)13(14,15)16/h5-6,8-9H,2-4H2,1H3,(H2,17,20)(H,18,19). The lowest BCUT2D eigenvalue weighted by atomic mass is 10.2. The molecule has 2 unspecified atom stereocenters. The molecule has 0 spiro atoms. The van der Waals surface area contributed by atoms with Crippen molar-refractivity contribution in [3.8, 4) is 0 Å². The molecule has 1 aliphatic carbocycles. The number of carbonyl (C=O) groups is 1. The maximum atomic E-state index is 12.7. The lowest BCUT2D eigenvalue weighted by Gasteiger charge is -2.21. The van der Waals surface area contributed by atoms with Gasteiger partial charge in [0, 0.05) is 11.3 Å². The summed E-state index contributed by atoms with van der Waals surface area (Å²) in [7, 11) is 0. The largest absolute Gasteiger partial charge is 0.433 e. The summed E-state index contributed by atoms with van der Waals surface area (Å²) in [6.45, 7) is 0. The van der Waals surface area contributed by atoms with Crippen molar-refractivity contribution < 1.29 is 18.0 Å². The number of alkyl halides is 3. The van der Waals surface area contributed by atoms with Crippen LogP contribution in [0.25, 0.3) is 0 Å². The third kappa shape index (κ3) is 3.61. The molecule has 1 saturated carbocycles. The van der Waals surface area contributed by atoms with Crippen molar-refractivity contribution in [1.82, 2.24) is 4.98 Å². The molecule has 3 N–H and O–H groups in total. The Balaban J connectivity index is 2.32. The van der Waals surface area contributed by atoms with Crippen molar-refractivity contribution in [2.45, 2.75) is 36.7 Å². The smallest absolute Gasteiger partial charge is 0.366 e. The van der Waals surface area contributed by atoms with Gasteiger partial charge in [-0.1, -0.05) is 6.42 Å².